The van der Waals surface area contributed by atoms with Crippen LogP contribution in [-0.2, 0) is 9.84 Å². The van der Waals surface area contributed by atoms with Crippen LogP contribution in [0.4, 0.5) is 0 Å². The average molecular weight is 327 g/mol. The molecule has 0 amide bonds. The molecule has 116 valence electrons. The molecule has 1 aromatic rings. The van der Waals surface area contributed by atoms with Gasteiger partial charge in [0.25, 0.3) is 0 Å². The first kappa shape index (κ1) is 18.0. The van der Waals surface area contributed by atoms with Crippen LogP contribution in [0.5, 0.6) is 0 Å². The van der Waals surface area contributed by atoms with Gasteiger partial charge in [0, 0.05) is 0 Å². The van der Waals surface area contributed by atoms with Crippen LogP contribution in [-0.4, -0.2) is 19.5 Å². The van der Waals surface area contributed by atoms with Crippen LogP contribution >= 0.6 is 11.6 Å². The van der Waals surface area contributed by atoms with E-state index in [0.717, 1.165) is 29.6 Å². The lowest BCUT2D eigenvalue weighted by molar-refractivity contribution is 0.599. The van der Waals surface area contributed by atoms with Gasteiger partial charge in [0.1, 0.15) is 0 Å². The molecule has 1 unspecified atom stereocenters. The van der Waals surface area contributed by atoms with Crippen molar-refractivity contribution in [2.75, 3.05) is 5.75 Å². The van der Waals surface area contributed by atoms with Crippen molar-refractivity contribution < 1.29 is 8.42 Å². The maximum Gasteiger partial charge on any atom is 0.181 e. The van der Waals surface area contributed by atoms with E-state index < -0.39 is 9.84 Å². The van der Waals surface area contributed by atoms with Gasteiger partial charge in [0.15, 0.2) is 9.84 Å². The van der Waals surface area contributed by atoms with Gasteiger partial charge in [0.05, 0.1) is 16.0 Å². The van der Waals surface area contributed by atoms with Gasteiger partial charge in [-0.25, -0.2) is 8.42 Å². The lowest BCUT2D eigenvalue weighted by atomic mass is 10.1. The molecule has 1 rings (SSSR count). The van der Waals surface area contributed by atoms with Crippen molar-refractivity contribution >= 4 is 21.4 Å². The van der Waals surface area contributed by atoms with Crippen LogP contribution in [0, 0.1) is 6.92 Å². The Morgan fingerprint density at radius 1 is 1.29 bits per heavy atom. The number of sulfone groups is 1. The zero-order chi connectivity index (χ0) is 16.0. The van der Waals surface area contributed by atoms with Gasteiger partial charge in [-0.1, -0.05) is 41.5 Å². The van der Waals surface area contributed by atoms with Crippen molar-refractivity contribution in [3.8, 4) is 0 Å². The Morgan fingerprint density at radius 3 is 2.38 bits per heavy atom. The highest BCUT2D eigenvalue weighted by atomic mass is 35.5. The fourth-order valence-electron chi connectivity index (χ4n) is 1.80. The molecule has 0 spiro atoms. The number of benzene rings is 1. The van der Waals surface area contributed by atoms with E-state index in [9.17, 15) is 8.42 Å². The first-order chi connectivity index (χ1) is 9.72. The second-order valence-corrected chi connectivity index (χ2v) is 8.06. The second-order valence-electron chi connectivity index (χ2n) is 5.50. The molecule has 1 atom stereocenters. The lowest BCUT2D eigenvalue weighted by Gasteiger charge is -2.09. The summed E-state index contributed by atoms with van der Waals surface area (Å²) >= 11 is 6.12. The fourth-order valence-corrected chi connectivity index (χ4v) is 3.15. The Kier molecular flexibility index (Phi) is 6.69. The molecule has 0 fully saturated rings. The molecule has 0 heterocycles. The van der Waals surface area contributed by atoms with Gasteiger partial charge in [-0.05, 0) is 45.7 Å². The minimum Gasteiger partial charge on any atom is -0.223 e. The van der Waals surface area contributed by atoms with Gasteiger partial charge in [0.2, 0.25) is 0 Å². The van der Waals surface area contributed by atoms with E-state index in [1.54, 1.807) is 18.2 Å². The first-order valence-electron chi connectivity index (χ1n) is 6.97. The molecule has 2 nitrogen and oxygen atoms in total. The van der Waals surface area contributed by atoms with Crippen molar-refractivity contribution in [2.24, 2.45) is 0 Å². The van der Waals surface area contributed by atoms with E-state index in [2.05, 4.69) is 6.58 Å². The molecule has 0 radical (unpaired) electrons. The number of aryl methyl sites for hydroxylation is 1. The van der Waals surface area contributed by atoms with Crippen molar-refractivity contribution in [3.05, 3.63) is 53.6 Å². The molecule has 0 saturated carbocycles. The third-order valence-corrected chi connectivity index (χ3v) is 5.54. The van der Waals surface area contributed by atoms with Crippen molar-refractivity contribution in [2.45, 2.75) is 43.9 Å². The number of allylic oxidation sites excluding steroid dienone is 2. The Labute approximate surface area is 133 Å². The summed E-state index contributed by atoms with van der Waals surface area (Å²) in [5.74, 6) is 0.0297. The summed E-state index contributed by atoms with van der Waals surface area (Å²) in [4.78, 5) is 0.370. The molecule has 0 saturated heterocycles. The summed E-state index contributed by atoms with van der Waals surface area (Å²) < 4.78 is 24.4. The highest BCUT2D eigenvalue weighted by Crippen LogP contribution is 2.18. The standard InChI is InChI=1S/C17H23ClO2S/c1-13(2)17(18)10-7-15(4)11-12-21(19,20)16-8-5-14(3)6-9-16/h5-6,8-9,11,17H,1,7,10,12H2,2-4H3. The molecule has 0 bridgehead atoms. The molecule has 0 N–H and O–H groups in total. The Hall–Kier alpha value is -1.06. The minimum absolute atomic E-state index is 0.0297. The molecule has 4 heteroatoms. The number of hydrogen-bond acceptors (Lipinski definition) is 2. The van der Waals surface area contributed by atoms with E-state index in [1.165, 1.54) is 0 Å². The number of hydrogen-bond donors (Lipinski definition) is 0. The monoisotopic (exact) mass is 326 g/mol. The molecule has 0 aliphatic heterocycles. The van der Waals surface area contributed by atoms with Gasteiger partial charge >= 0.3 is 0 Å². The normalized spacial score (nSPS) is 14.0. The zero-order valence-electron chi connectivity index (χ0n) is 12.9. The number of halogens is 1. The Bertz CT molecular complexity index is 613. The average Bonchev–Trinajstić information content (AvgIpc) is 2.43. The summed E-state index contributed by atoms with van der Waals surface area (Å²) in [6, 6.07) is 6.94. The fraction of sp³-hybridized carbons (Fsp3) is 0.412. The molecule has 21 heavy (non-hydrogen) atoms. The molecule has 0 aliphatic carbocycles. The molecule has 1 aromatic carbocycles. The molecule has 0 aromatic heterocycles. The van der Waals surface area contributed by atoms with Crippen molar-refractivity contribution in [1.29, 1.82) is 0 Å². The predicted molar refractivity (Wildman–Crippen MR) is 90.7 cm³/mol. The SMILES string of the molecule is C=C(C)C(Cl)CCC(C)=CCS(=O)(=O)c1ccc(C)cc1. The van der Waals surface area contributed by atoms with Gasteiger partial charge in [-0.3, -0.25) is 0 Å². The Morgan fingerprint density at radius 2 is 1.86 bits per heavy atom. The quantitative estimate of drug-likeness (QED) is 0.538. The van der Waals surface area contributed by atoms with E-state index >= 15 is 0 Å². The third kappa shape index (κ3) is 6.06. The summed E-state index contributed by atoms with van der Waals surface area (Å²) in [6.07, 6.45) is 3.34. The summed E-state index contributed by atoms with van der Waals surface area (Å²) in [6.45, 7) is 9.59. The topological polar surface area (TPSA) is 34.1 Å². The van der Waals surface area contributed by atoms with Gasteiger partial charge in [-0.15, -0.1) is 11.6 Å². The highest BCUT2D eigenvalue weighted by molar-refractivity contribution is 7.91. The van der Waals surface area contributed by atoms with Crippen LogP contribution in [0.3, 0.4) is 0 Å². The van der Waals surface area contributed by atoms with E-state index in [1.807, 2.05) is 32.9 Å². The van der Waals surface area contributed by atoms with Crippen LogP contribution in [0.25, 0.3) is 0 Å². The van der Waals surface area contributed by atoms with Gasteiger partial charge < -0.3 is 0 Å². The number of rotatable bonds is 7. The molecular weight excluding hydrogens is 304 g/mol. The maximum absolute atomic E-state index is 12.2. The van der Waals surface area contributed by atoms with Crippen LogP contribution in [0.15, 0.2) is 53.0 Å². The van der Waals surface area contributed by atoms with Crippen LogP contribution < -0.4 is 0 Å². The third-order valence-electron chi connectivity index (χ3n) is 3.36. The van der Waals surface area contributed by atoms with Crippen LogP contribution in [0.1, 0.15) is 32.3 Å². The maximum atomic E-state index is 12.2. The second kappa shape index (κ2) is 7.81. The van der Waals surface area contributed by atoms with Crippen molar-refractivity contribution in [3.63, 3.8) is 0 Å². The van der Waals surface area contributed by atoms with E-state index in [-0.39, 0.29) is 11.1 Å². The largest absolute Gasteiger partial charge is 0.223 e. The summed E-state index contributed by atoms with van der Waals surface area (Å²) in [5, 5.41) is -0.0537. The molecular formula is C17H23ClO2S. The van der Waals surface area contributed by atoms with Gasteiger partial charge in [-0.2, -0.15) is 0 Å². The van der Waals surface area contributed by atoms with E-state index in [0.29, 0.717) is 4.90 Å². The first-order valence-corrected chi connectivity index (χ1v) is 9.06. The molecule has 0 aliphatic rings. The highest BCUT2D eigenvalue weighted by Gasteiger charge is 2.12. The summed E-state index contributed by atoms with van der Waals surface area (Å²) in [7, 11) is -3.25. The minimum atomic E-state index is -3.25. The predicted octanol–water partition coefficient (Wildman–Crippen LogP) is 4.68. The van der Waals surface area contributed by atoms with Crippen molar-refractivity contribution in [1.82, 2.24) is 0 Å². The zero-order valence-corrected chi connectivity index (χ0v) is 14.5. The number of alkyl halides is 1. The lowest BCUT2D eigenvalue weighted by Crippen LogP contribution is -2.05. The Balaban J connectivity index is 2.65. The smallest absolute Gasteiger partial charge is 0.181 e. The van der Waals surface area contributed by atoms with Crippen LogP contribution in [0.2, 0.25) is 0 Å². The van der Waals surface area contributed by atoms with E-state index in [4.69, 9.17) is 11.6 Å². The summed E-state index contributed by atoms with van der Waals surface area (Å²) in [5.41, 5.74) is 3.03.